The van der Waals surface area contributed by atoms with E-state index in [4.69, 9.17) is 0 Å². The van der Waals surface area contributed by atoms with Gasteiger partial charge in [-0.3, -0.25) is 4.79 Å². The van der Waals surface area contributed by atoms with Crippen molar-refractivity contribution in [2.75, 3.05) is 11.9 Å². The normalized spacial score (nSPS) is 10.7. The predicted molar refractivity (Wildman–Crippen MR) is 115 cm³/mol. The number of H-pyrrole nitrogens is 1. The Bertz CT molecular complexity index is 1100. The summed E-state index contributed by atoms with van der Waals surface area (Å²) in [4.78, 5) is 30.8. The number of hydrogen-bond acceptors (Lipinski definition) is 4. The van der Waals surface area contributed by atoms with Gasteiger partial charge in [0.05, 0.1) is 23.1 Å². The number of benzene rings is 2. The quantitative estimate of drug-likeness (QED) is 0.348. The maximum Gasteiger partial charge on any atom is 0.338 e. The molecule has 1 heterocycles. The summed E-state index contributed by atoms with van der Waals surface area (Å²) in [6.45, 7) is 1.96. The van der Waals surface area contributed by atoms with Crippen LogP contribution in [-0.4, -0.2) is 33.5 Å². The highest BCUT2D eigenvalue weighted by Crippen LogP contribution is 2.30. The maximum absolute atomic E-state index is 14.8. The Balaban J connectivity index is 1.95. The number of halogens is 3. The van der Waals surface area contributed by atoms with Gasteiger partial charge in [-0.05, 0) is 59.3 Å². The van der Waals surface area contributed by atoms with Gasteiger partial charge in [0.15, 0.2) is 11.6 Å². The zero-order valence-electron chi connectivity index (χ0n) is 15.7. The first-order chi connectivity index (χ1) is 14.3. The standard InChI is InChI=1S/C20H17F2IN4O3/c1-10-6-11(23)2-3-15(10)27-18-14(7-13(20(29)30)16(21)17(18)22)19(28)25-5-4-12-8-24-9-26-12/h2-3,6-9,27H,4-5H2,1H3,(H,24,26)(H,25,28)(H,29,30). The first-order valence-corrected chi connectivity index (χ1v) is 9.89. The highest BCUT2D eigenvalue weighted by molar-refractivity contribution is 14.1. The van der Waals surface area contributed by atoms with Crippen LogP contribution < -0.4 is 10.6 Å². The molecule has 30 heavy (non-hydrogen) atoms. The minimum atomic E-state index is -1.67. The van der Waals surface area contributed by atoms with E-state index in [1.807, 2.05) is 6.07 Å². The van der Waals surface area contributed by atoms with Crippen molar-refractivity contribution in [2.45, 2.75) is 13.3 Å². The smallest absolute Gasteiger partial charge is 0.338 e. The number of rotatable bonds is 7. The monoisotopic (exact) mass is 526 g/mol. The Morgan fingerprint density at radius 3 is 2.60 bits per heavy atom. The lowest BCUT2D eigenvalue weighted by Crippen LogP contribution is -2.27. The summed E-state index contributed by atoms with van der Waals surface area (Å²) in [6.07, 6.45) is 3.52. The molecule has 0 unspecified atom stereocenters. The fourth-order valence-electron chi connectivity index (χ4n) is 2.81. The maximum atomic E-state index is 14.8. The Morgan fingerprint density at radius 2 is 1.97 bits per heavy atom. The van der Waals surface area contributed by atoms with Crippen LogP contribution in [0, 0.1) is 22.1 Å². The summed E-state index contributed by atoms with van der Waals surface area (Å²) in [5.74, 6) is -5.38. The lowest BCUT2D eigenvalue weighted by atomic mass is 10.0. The number of amides is 1. The van der Waals surface area contributed by atoms with Crippen molar-refractivity contribution in [1.29, 1.82) is 0 Å². The number of nitrogens with one attached hydrogen (secondary N) is 3. The van der Waals surface area contributed by atoms with Gasteiger partial charge in [0, 0.05) is 34.1 Å². The van der Waals surface area contributed by atoms with Gasteiger partial charge in [0.2, 0.25) is 0 Å². The Kier molecular flexibility index (Phi) is 6.65. The molecule has 0 spiro atoms. The number of carboxylic acids is 1. The predicted octanol–water partition coefficient (Wildman–Crippen LogP) is 4.02. The van der Waals surface area contributed by atoms with Crippen molar-refractivity contribution < 1.29 is 23.5 Å². The number of imidazole rings is 1. The highest BCUT2D eigenvalue weighted by Gasteiger charge is 2.26. The number of aryl methyl sites for hydroxylation is 1. The third-order valence-corrected chi connectivity index (χ3v) is 5.04. The molecule has 10 heteroatoms. The molecule has 0 fully saturated rings. The summed E-state index contributed by atoms with van der Waals surface area (Å²) in [7, 11) is 0. The van der Waals surface area contributed by atoms with E-state index in [1.54, 1.807) is 25.3 Å². The molecule has 3 rings (SSSR count). The molecule has 0 saturated heterocycles. The zero-order valence-corrected chi connectivity index (χ0v) is 17.9. The number of aromatic carboxylic acids is 1. The van der Waals surface area contributed by atoms with E-state index < -0.39 is 34.8 Å². The lowest BCUT2D eigenvalue weighted by Gasteiger charge is -2.16. The van der Waals surface area contributed by atoms with Crippen LogP contribution >= 0.6 is 22.6 Å². The summed E-state index contributed by atoms with van der Waals surface area (Å²) in [5.41, 5.74) is 0.323. The first-order valence-electron chi connectivity index (χ1n) is 8.82. The van der Waals surface area contributed by atoms with Crippen LogP contribution in [0.25, 0.3) is 0 Å². The Hall–Kier alpha value is -3.02. The molecule has 0 saturated carbocycles. The molecule has 1 amide bonds. The summed E-state index contributed by atoms with van der Waals surface area (Å²) >= 11 is 2.12. The SMILES string of the molecule is Cc1cc(I)ccc1Nc1c(C(=O)NCCc2cnc[nH]2)cc(C(=O)O)c(F)c1F. The molecule has 7 nitrogen and oxygen atoms in total. The van der Waals surface area contributed by atoms with Gasteiger partial charge >= 0.3 is 5.97 Å². The number of aromatic nitrogens is 2. The van der Waals surface area contributed by atoms with Gasteiger partial charge in [-0.2, -0.15) is 0 Å². The van der Waals surface area contributed by atoms with Crippen molar-refractivity contribution in [3.05, 3.63) is 74.4 Å². The summed E-state index contributed by atoms with van der Waals surface area (Å²) < 4.78 is 30.1. The molecule has 4 N–H and O–H groups in total. The molecule has 0 aliphatic heterocycles. The Labute approximate surface area is 184 Å². The molecule has 0 atom stereocenters. The van der Waals surface area contributed by atoms with Crippen LogP contribution in [-0.2, 0) is 6.42 Å². The van der Waals surface area contributed by atoms with E-state index in [0.717, 1.165) is 20.9 Å². The van der Waals surface area contributed by atoms with E-state index in [9.17, 15) is 23.5 Å². The van der Waals surface area contributed by atoms with Gasteiger partial charge in [0.25, 0.3) is 5.91 Å². The van der Waals surface area contributed by atoms with Crippen LogP contribution in [0.15, 0.2) is 36.8 Å². The molecule has 1 aromatic heterocycles. The second kappa shape index (κ2) is 9.20. The van der Waals surface area contributed by atoms with E-state index in [1.165, 1.54) is 6.33 Å². The number of carbonyl (C=O) groups excluding carboxylic acids is 1. The largest absolute Gasteiger partial charge is 0.478 e. The Morgan fingerprint density at radius 1 is 1.20 bits per heavy atom. The second-order valence-electron chi connectivity index (χ2n) is 6.45. The number of carbonyl (C=O) groups is 2. The summed E-state index contributed by atoms with van der Waals surface area (Å²) in [6, 6.07) is 6.09. The molecule has 0 radical (unpaired) electrons. The van der Waals surface area contributed by atoms with Gasteiger partial charge in [-0.1, -0.05) is 0 Å². The van der Waals surface area contributed by atoms with Crippen LogP contribution in [0.1, 0.15) is 32.0 Å². The number of anilines is 2. The molecule has 3 aromatic rings. The van der Waals surface area contributed by atoms with E-state index in [0.29, 0.717) is 12.1 Å². The van der Waals surface area contributed by atoms with Gasteiger partial charge < -0.3 is 20.7 Å². The second-order valence-corrected chi connectivity index (χ2v) is 7.69. The lowest BCUT2D eigenvalue weighted by molar-refractivity contribution is 0.0690. The minimum absolute atomic E-state index is 0.185. The number of carboxylic acid groups (broad SMARTS) is 1. The van der Waals surface area contributed by atoms with E-state index in [-0.39, 0.29) is 12.1 Å². The molecular weight excluding hydrogens is 509 g/mol. The third-order valence-electron chi connectivity index (χ3n) is 4.36. The van der Waals surface area contributed by atoms with Crippen molar-refractivity contribution in [2.24, 2.45) is 0 Å². The topological polar surface area (TPSA) is 107 Å². The molecule has 0 aliphatic rings. The van der Waals surface area contributed by atoms with Crippen molar-refractivity contribution >= 4 is 45.8 Å². The number of hydrogen-bond donors (Lipinski definition) is 4. The van der Waals surface area contributed by atoms with Crippen molar-refractivity contribution in [3.63, 3.8) is 0 Å². The fourth-order valence-corrected chi connectivity index (χ4v) is 3.46. The molecule has 0 aliphatic carbocycles. The van der Waals surface area contributed by atoms with Crippen LogP contribution in [0.3, 0.4) is 0 Å². The van der Waals surface area contributed by atoms with Gasteiger partial charge in [-0.15, -0.1) is 0 Å². The van der Waals surface area contributed by atoms with Crippen LogP contribution in [0.2, 0.25) is 0 Å². The third kappa shape index (κ3) is 4.75. The molecule has 2 aromatic carbocycles. The fraction of sp³-hybridized carbons (Fsp3) is 0.150. The average molecular weight is 526 g/mol. The van der Waals surface area contributed by atoms with Gasteiger partial charge in [0.1, 0.15) is 0 Å². The number of nitrogens with zero attached hydrogens (tertiary/aromatic N) is 1. The zero-order chi connectivity index (χ0) is 21.8. The van der Waals surface area contributed by atoms with Crippen molar-refractivity contribution in [3.8, 4) is 0 Å². The molecular formula is C20H17F2IN4O3. The molecule has 0 bridgehead atoms. The van der Waals surface area contributed by atoms with Crippen LogP contribution in [0.5, 0.6) is 0 Å². The van der Waals surface area contributed by atoms with Crippen molar-refractivity contribution in [1.82, 2.24) is 15.3 Å². The highest BCUT2D eigenvalue weighted by atomic mass is 127. The van der Waals surface area contributed by atoms with E-state index in [2.05, 4.69) is 43.2 Å². The van der Waals surface area contributed by atoms with Gasteiger partial charge in [-0.25, -0.2) is 18.6 Å². The van der Waals surface area contributed by atoms with Crippen LogP contribution in [0.4, 0.5) is 20.2 Å². The summed E-state index contributed by atoms with van der Waals surface area (Å²) in [5, 5.41) is 14.5. The minimum Gasteiger partial charge on any atom is -0.478 e. The first kappa shape index (κ1) is 21.7. The number of aromatic amines is 1. The average Bonchev–Trinajstić information content (AvgIpc) is 3.20. The van der Waals surface area contributed by atoms with E-state index >= 15 is 0 Å². The molecule has 156 valence electrons.